The number of aliphatic hydroxyl groups is 1. The molecular weight excluding hydrogens is 196 g/mol. The van der Waals surface area contributed by atoms with E-state index in [1.54, 1.807) is 12.1 Å². The van der Waals surface area contributed by atoms with Crippen LogP contribution in [0.5, 0.6) is 11.5 Å². The number of hydrogen-bond donors (Lipinski definition) is 1. The molecule has 4 nitrogen and oxygen atoms in total. The number of benzene rings is 1. The monoisotopic (exact) mass is 208 g/mol. The van der Waals surface area contributed by atoms with Gasteiger partial charge in [-0.1, -0.05) is 6.07 Å². The van der Waals surface area contributed by atoms with Crippen molar-refractivity contribution in [1.82, 2.24) is 0 Å². The molecule has 80 valence electrons. The fraction of sp³-hybridized carbons (Fsp3) is 0.364. The summed E-state index contributed by atoms with van der Waals surface area (Å²) in [7, 11) is 0. The summed E-state index contributed by atoms with van der Waals surface area (Å²) in [6.07, 6.45) is 1.51. The van der Waals surface area contributed by atoms with E-state index in [4.69, 9.17) is 14.6 Å². The first-order valence-corrected chi connectivity index (χ1v) is 4.84. The van der Waals surface area contributed by atoms with Crippen LogP contribution in [0.4, 0.5) is 0 Å². The number of hydrogen-bond acceptors (Lipinski definition) is 4. The van der Waals surface area contributed by atoms with E-state index in [2.05, 4.69) is 0 Å². The summed E-state index contributed by atoms with van der Waals surface area (Å²) >= 11 is 0. The van der Waals surface area contributed by atoms with Gasteiger partial charge in [-0.25, -0.2) is 0 Å². The van der Waals surface area contributed by atoms with Crippen molar-refractivity contribution in [3.63, 3.8) is 0 Å². The van der Waals surface area contributed by atoms with E-state index in [-0.39, 0.29) is 6.61 Å². The third kappa shape index (κ3) is 1.80. The first-order valence-electron chi connectivity index (χ1n) is 4.84. The van der Waals surface area contributed by atoms with Gasteiger partial charge in [0.15, 0.2) is 17.8 Å². The highest BCUT2D eigenvalue weighted by atomic mass is 16.5. The molecule has 1 aromatic carbocycles. The van der Waals surface area contributed by atoms with Crippen LogP contribution in [-0.4, -0.2) is 24.6 Å². The van der Waals surface area contributed by atoms with Crippen LogP contribution in [0.25, 0.3) is 0 Å². The van der Waals surface area contributed by atoms with Crippen LogP contribution >= 0.6 is 0 Å². The first kappa shape index (κ1) is 9.98. The molecule has 1 heterocycles. The average Bonchev–Trinajstić information content (AvgIpc) is 2.53. The normalized spacial score (nSPS) is 14.5. The zero-order valence-corrected chi connectivity index (χ0v) is 8.23. The fourth-order valence-electron chi connectivity index (χ4n) is 1.55. The number of rotatable bonds is 2. The first-order chi connectivity index (χ1) is 7.36. The van der Waals surface area contributed by atoms with Gasteiger partial charge in [0.1, 0.15) is 0 Å². The Bertz CT molecular complexity index is 373. The van der Waals surface area contributed by atoms with Gasteiger partial charge in [0.25, 0.3) is 0 Å². The Balaban J connectivity index is 2.53. The SMILES string of the molecule is O=Cc1ccc(CO)c2c1OCCCO2. The summed E-state index contributed by atoms with van der Waals surface area (Å²) < 4.78 is 10.9. The zero-order chi connectivity index (χ0) is 10.7. The molecule has 0 atom stereocenters. The van der Waals surface area contributed by atoms with Crippen molar-refractivity contribution in [3.05, 3.63) is 23.3 Å². The zero-order valence-electron chi connectivity index (χ0n) is 8.23. The van der Waals surface area contributed by atoms with Gasteiger partial charge in [-0.3, -0.25) is 4.79 Å². The molecule has 0 fully saturated rings. The molecule has 1 N–H and O–H groups in total. The summed E-state index contributed by atoms with van der Waals surface area (Å²) in [5, 5.41) is 9.13. The predicted molar refractivity (Wildman–Crippen MR) is 53.4 cm³/mol. The molecule has 1 aromatic rings. The molecule has 0 spiro atoms. The second kappa shape index (κ2) is 4.31. The van der Waals surface area contributed by atoms with Crippen LogP contribution in [0.3, 0.4) is 0 Å². The summed E-state index contributed by atoms with van der Waals surface area (Å²) in [5.41, 5.74) is 1.11. The van der Waals surface area contributed by atoms with E-state index in [0.29, 0.717) is 35.8 Å². The molecule has 15 heavy (non-hydrogen) atoms. The molecule has 1 aliphatic heterocycles. The second-order valence-electron chi connectivity index (χ2n) is 3.30. The molecule has 0 bridgehead atoms. The lowest BCUT2D eigenvalue weighted by molar-refractivity contribution is 0.111. The lowest BCUT2D eigenvalue weighted by Gasteiger charge is -2.12. The Hall–Kier alpha value is -1.55. The predicted octanol–water partition coefficient (Wildman–Crippen LogP) is 1.15. The van der Waals surface area contributed by atoms with Crippen LogP contribution in [0, 0.1) is 0 Å². The third-order valence-corrected chi connectivity index (χ3v) is 2.30. The summed E-state index contributed by atoms with van der Waals surface area (Å²) in [5.74, 6) is 0.952. The van der Waals surface area contributed by atoms with E-state index >= 15 is 0 Å². The van der Waals surface area contributed by atoms with Crippen LogP contribution in [-0.2, 0) is 6.61 Å². The third-order valence-electron chi connectivity index (χ3n) is 2.30. The molecule has 2 rings (SSSR count). The Morgan fingerprint density at radius 2 is 2.00 bits per heavy atom. The molecule has 4 heteroatoms. The van der Waals surface area contributed by atoms with Crippen molar-refractivity contribution in [2.24, 2.45) is 0 Å². The van der Waals surface area contributed by atoms with Gasteiger partial charge in [-0.2, -0.15) is 0 Å². The highest BCUT2D eigenvalue weighted by molar-refractivity contribution is 5.81. The van der Waals surface area contributed by atoms with Crippen LogP contribution in [0.1, 0.15) is 22.3 Å². The molecule has 0 radical (unpaired) electrons. The molecule has 0 unspecified atom stereocenters. The topological polar surface area (TPSA) is 55.8 Å². The number of carbonyl (C=O) groups is 1. The Labute approximate surface area is 87.4 Å². The van der Waals surface area contributed by atoms with Gasteiger partial charge < -0.3 is 14.6 Å². The van der Waals surface area contributed by atoms with Gasteiger partial charge >= 0.3 is 0 Å². The van der Waals surface area contributed by atoms with Crippen molar-refractivity contribution in [2.75, 3.05) is 13.2 Å². The average molecular weight is 208 g/mol. The van der Waals surface area contributed by atoms with Crippen molar-refractivity contribution in [2.45, 2.75) is 13.0 Å². The molecule has 0 saturated carbocycles. The Morgan fingerprint density at radius 1 is 1.27 bits per heavy atom. The largest absolute Gasteiger partial charge is 0.489 e. The van der Waals surface area contributed by atoms with Crippen molar-refractivity contribution >= 4 is 6.29 Å². The maximum absolute atomic E-state index is 10.8. The minimum atomic E-state index is -0.120. The lowest BCUT2D eigenvalue weighted by Crippen LogP contribution is -1.99. The van der Waals surface area contributed by atoms with Crippen LogP contribution < -0.4 is 9.47 Å². The minimum Gasteiger partial charge on any atom is -0.489 e. The number of fused-ring (bicyclic) bond motifs is 1. The summed E-state index contributed by atoms with van der Waals surface area (Å²) in [4.78, 5) is 10.8. The smallest absolute Gasteiger partial charge is 0.172 e. The van der Waals surface area contributed by atoms with Gasteiger partial charge in [0.05, 0.1) is 25.4 Å². The van der Waals surface area contributed by atoms with Crippen LogP contribution in [0.2, 0.25) is 0 Å². The van der Waals surface area contributed by atoms with E-state index in [0.717, 1.165) is 12.7 Å². The van der Waals surface area contributed by atoms with E-state index in [1.807, 2.05) is 0 Å². The van der Waals surface area contributed by atoms with Crippen molar-refractivity contribution in [1.29, 1.82) is 0 Å². The standard InChI is InChI=1S/C11H12O4/c12-6-8-2-3-9(7-13)11-10(8)14-4-1-5-15-11/h2-3,6,13H,1,4-5,7H2. The maximum Gasteiger partial charge on any atom is 0.172 e. The Kier molecular flexibility index (Phi) is 2.87. The lowest BCUT2D eigenvalue weighted by atomic mass is 10.1. The quantitative estimate of drug-likeness (QED) is 0.741. The number of aliphatic hydroxyl groups excluding tert-OH is 1. The maximum atomic E-state index is 10.8. The molecule has 0 amide bonds. The highest BCUT2D eigenvalue weighted by Crippen LogP contribution is 2.36. The van der Waals surface area contributed by atoms with E-state index in [9.17, 15) is 4.79 Å². The fourth-order valence-corrected chi connectivity index (χ4v) is 1.55. The van der Waals surface area contributed by atoms with E-state index < -0.39 is 0 Å². The van der Waals surface area contributed by atoms with Gasteiger partial charge in [-0.15, -0.1) is 0 Å². The molecule has 0 aliphatic carbocycles. The second-order valence-corrected chi connectivity index (χ2v) is 3.30. The number of ether oxygens (including phenoxy) is 2. The summed E-state index contributed by atoms with van der Waals surface area (Å²) in [6.45, 7) is 0.954. The molecule has 1 aliphatic rings. The van der Waals surface area contributed by atoms with E-state index in [1.165, 1.54) is 0 Å². The minimum absolute atomic E-state index is 0.120. The van der Waals surface area contributed by atoms with Crippen molar-refractivity contribution in [3.8, 4) is 11.5 Å². The van der Waals surface area contributed by atoms with Crippen molar-refractivity contribution < 1.29 is 19.4 Å². The molecule has 0 aromatic heterocycles. The Morgan fingerprint density at radius 3 is 2.67 bits per heavy atom. The molecular formula is C11H12O4. The summed E-state index contributed by atoms with van der Waals surface area (Å²) in [6, 6.07) is 3.31. The number of carbonyl (C=O) groups excluding carboxylic acids is 1. The highest BCUT2D eigenvalue weighted by Gasteiger charge is 2.18. The van der Waals surface area contributed by atoms with Gasteiger partial charge in [0, 0.05) is 12.0 Å². The molecule has 0 saturated heterocycles. The van der Waals surface area contributed by atoms with Gasteiger partial charge in [0.2, 0.25) is 0 Å². The number of aldehydes is 1. The van der Waals surface area contributed by atoms with Crippen LogP contribution in [0.15, 0.2) is 12.1 Å². The van der Waals surface area contributed by atoms with Gasteiger partial charge in [-0.05, 0) is 6.07 Å².